The van der Waals surface area contributed by atoms with Crippen LogP contribution in [0.3, 0.4) is 0 Å². The first kappa shape index (κ1) is 21.4. The summed E-state index contributed by atoms with van der Waals surface area (Å²) in [5.41, 5.74) is 4.08. The second-order valence-corrected chi connectivity index (χ2v) is 8.19. The zero-order valence-corrected chi connectivity index (χ0v) is 18.5. The smallest absolute Gasteiger partial charge is 0.269 e. The second-order valence-electron chi connectivity index (χ2n) is 7.04. The van der Waals surface area contributed by atoms with Crippen LogP contribution in [0.5, 0.6) is 5.75 Å². The number of ether oxygens (including phenoxy) is 1. The molecule has 0 radical (unpaired) electrons. The van der Waals surface area contributed by atoms with Crippen LogP contribution >= 0.6 is 11.8 Å². The van der Waals surface area contributed by atoms with Crippen LogP contribution in [-0.2, 0) is 0 Å². The lowest BCUT2D eigenvalue weighted by molar-refractivity contribution is -0.384. The molecule has 4 rings (SSSR count). The van der Waals surface area contributed by atoms with Gasteiger partial charge in [-0.15, -0.1) is 0 Å². The molecular weight excluding hydrogens is 422 g/mol. The highest BCUT2D eigenvalue weighted by molar-refractivity contribution is 7.99. The van der Waals surface area contributed by atoms with E-state index < -0.39 is 4.92 Å². The molecule has 4 aromatic rings. The number of aromatic nitrogens is 1. The predicted octanol–water partition coefficient (Wildman–Crippen LogP) is 6.60. The zero-order valence-electron chi connectivity index (χ0n) is 17.6. The normalized spacial score (nSPS) is 11.1. The maximum absolute atomic E-state index is 10.8. The third kappa shape index (κ3) is 4.90. The molecule has 1 aromatic heterocycles. The summed E-state index contributed by atoms with van der Waals surface area (Å²) in [6, 6.07) is 26.5. The molecule has 0 bridgehead atoms. The fraction of sp³-hybridized carbons (Fsp3) is 0.0800. The Morgan fingerprint density at radius 1 is 0.906 bits per heavy atom. The van der Waals surface area contributed by atoms with E-state index in [2.05, 4.69) is 22.5 Å². The van der Waals surface area contributed by atoms with Crippen molar-refractivity contribution in [2.24, 2.45) is 4.99 Å². The van der Waals surface area contributed by atoms with Crippen LogP contribution in [0.2, 0.25) is 0 Å². The SMILES string of the molecule is COc1ccc(-n2c(C)ccc2C=Nc2ccc(Sc3ccc([N+](=O)[O-])cc3)cc2)cc1. The van der Waals surface area contributed by atoms with Crippen molar-refractivity contribution < 1.29 is 9.66 Å². The first-order valence-electron chi connectivity index (χ1n) is 9.93. The molecule has 0 fully saturated rings. The van der Waals surface area contributed by atoms with Crippen molar-refractivity contribution >= 4 is 29.4 Å². The van der Waals surface area contributed by atoms with Gasteiger partial charge in [-0.1, -0.05) is 11.8 Å². The number of methoxy groups -OCH3 is 1. The first-order valence-corrected chi connectivity index (χ1v) is 10.7. The van der Waals surface area contributed by atoms with Gasteiger partial charge in [0.1, 0.15) is 5.75 Å². The molecule has 0 saturated carbocycles. The standard InChI is InChI=1S/C25H21N3O3S/c1-18-3-6-22(27(18)20-7-11-23(31-2)12-8-20)17-26-19-4-13-24(14-5-19)32-25-15-9-21(10-16-25)28(29)30/h3-17H,1-2H3. The predicted molar refractivity (Wildman–Crippen MR) is 128 cm³/mol. The molecule has 0 amide bonds. The minimum atomic E-state index is -0.395. The minimum absolute atomic E-state index is 0.0914. The number of benzene rings is 3. The summed E-state index contributed by atoms with van der Waals surface area (Å²) in [4.78, 5) is 17.0. The van der Waals surface area contributed by atoms with Crippen LogP contribution in [0.15, 0.2) is 99.7 Å². The monoisotopic (exact) mass is 443 g/mol. The molecule has 160 valence electrons. The second kappa shape index (κ2) is 9.53. The lowest BCUT2D eigenvalue weighted by Gasteiger charge is -2.10. The molecule has 0 saturated heterocycles. The van der Waals surface area contributed by atoms with Gasteiger partial charge in [0.15, 0.2) is 0 Å². The summed E-state index contributed by atoms with van der Waals surface area (Å²) in [5.74, 6) is 0.820. The van der Waals surface area contributed by atoms with E-state index in [0.717, 1.165) is 38.3 Å². The lowest BCUT2D eigenvalue weighted by Crippen LogP contribution is -2.01. The number of nitrogens with zero attached hydrogens (tertiary/aromatic N) is 3. The van der Waals surface area contributed by atoms with Gasteiger partial charge in [0, 0.05) is 33.3 Å². The Kier molecular flexibility index (Phi) is 6.37. The fourth-order valence-corrected chi connectivity index (χ4v) is 4.07. The topological polar surface area (TPSA) is 69.7 Å². The molecule has 32 heavy (non-hydrogen) atoms. The van der Waals surface area contributed by atoms with Crippen molar-refractivity contribution in [1.29, 1.82) is 0 Å². The summed E-state index contributed by atoms with van der Waals surface area (Å²) >= 11 is 1.55. The molecule has 0 aliphatic heterocycles. The van der Waals surface area contributed by atoms with E-state index in [-0.39, 0.29) is 5.69 Å². The summed E-state index contributed by atoms with van der Waals surface area (Å²) in [6.07, 6.45) is 1.86. The first-order chi connectivity index (χ1) is 15.5. The Balaban J connectivity index is 1.48. The molecule has 0 atom stereocenters. The Morgan fingerprint density at radius 2 is 1.53 bits per heavy atom. The zero-order chi connectivity index (χ0) is 22.5. The van der Waals surface area contributed by atoms with Crippen LogP contribution < -0.4 is 4.74 Å². The van der Waals surface area contributed by atoms with Crippen molar-refractivity contribution in [3.05, 3.63) is 106 Å². The highest BCUT2D eigenvalue weighted by Gasteiger charge is 2.07. The van der Waals surface area contributed by atoms with Gasteiger partial charge in [-0.05, 0) is 79.7 Å². The highest BCUT2D eigenvalue weighted by atomic mass is 32.2. The number of hydrogen-bond donors (Lipinski definition) is 0. The number of non-ortho nitro benzene ring substituents is 1. The van der Waals surface area contributed by atoms with Crippen LogP contribution in [0.4, 0.5) is 11.4 Å². The number of aryl methyl sites for hydroxylation is 1. The van der Waals surface area contributed by atoms with Gasteiger partial charge in [0.2, 0.25) is 0 Å². The largest absolute Gasteiger partial charge is 0.497 e. The maximum Gasteiger partial charge on any atom is 0.269 e. The van der Waals surface area contributed by atoms with Crippen molar-refractivity contribution in [3.8, 4) is 11.4 Å². The molecule has 0 N–H and O–H groups in total. The van der Waals surface area contributed by atoms with E-state index in [1.165, 1.54) is 12.1 Å². The van der Waals surface area contributed by atoms with Crippen LogP contribution in [0.1, 0.15) is 11.4 Å². The molecule has 0 unspecified atom stereocenters. The molecule has 1 heterocycles. The summed E-state index contributed by atoms with van der Waals surface area (Å²) < 4.78 is 7.39. The van der Waals surface area contributed by atoms with Gasteiger partial charge < -0.3 is 9.30 Å². The maximum atomic E-state index is 10.8. The van der Waals surface area contributed by atoms with E-state index in [4.69, 9.17) is 4.74 Å². The summed E-state index contributed by atoms with van der Waals surface area (Å²) in [5, 5.41) is 10.8. The third-order valence-electron chi connectivity index (χ3n) is 4.90. The van der Waals surface area contributed by atoms with Crippen molar-refractivity contribution in [3.63, 3.8) is 0 Å². The number of aliphatic imine (C=N–C) groups is 1. The van der Waals surface area contributed by atoms with E-state index in [9.17, 15) is 10.1 Å². The third-order valence-corrected chi connectivity index (χ3v) is 5.92. The molecule has 6 nitrogen and oxygen atoms in total. The summed E-state index contributed by atoms with van der Waals surface area (Å²) in [6.45, 7) is 2.06. The number of nitro benzene ring substituents is 1. The van der Waals surface area contributed by atoms with E-state index in [1.54, 1.807) is 31.0 Å². The van der Waals surface area contributed by atoms with Crippen molar-refractivity contribution in [1.82, 2.24) is 4.57 Å². The van der Waals surface area contributed by atoms with Crippen LogP contribution in [0.25, 0.3) is 5.69 Å². The number of hydrogen-bond acceptors (Lipinski definition) is 5. The van der Waals surface area contributed by atoms with Crippen molar-refractivity contribution in [2.45, 2.75) is 16.7 Å². The van der Waals surface area contributed by atoms with Gasteiger partial charge >= 0.3 is 0 Å². The molecule has 0 aliphatic rings. The van der Waals surface area contributed by atoms with Gasteiger partial charge in [-0.3, -0.25) is 15.1 Å². The Hall–Kier alpha value is -3.84. The molecule has 0 aliphatic carbocycles. The van der Waals surface area contributed by atoms with Crippen molar-refractivity contribution in [2.75, 3.05) is 7.11 Å². The molecular formula is C25H21N3O3S. The van der Waals surface area contributed by atoms with Crippen LogP contribution in [-0.4, -0.2) is 22.8 Å². The molecule has 0 spiro atoms. The summed E-state index contributed by atoms with van der Waals surface area (Å²) in [7, 11) is 1.66. The van der Waals surface area contributed by atoms with E-state index in [1.807, 2.05) is 60.8 Å². The average molecular weight is 444 g/mol. The molecule has 3 aromatic carbocycles. The van der Waals surface area contributed by atoms with Gasteiger partial charge in [0.05, 0.1) is 29.6 Å². The number of nitro groups is 1. The van der Waals surface area contributed by atoms with Gasteiger partial charge in [-0.2, -0.15) is 0 Å². The highest BCUT2D eigenvalue weighted by Crippen LogP contribution is 2.30. The average Bonchev–Trinajstić information content (AvgIpc) is 3.19. The fourth-order valence-electron chi connectivity index (χ4n) is 3.26. The Morgan fingerprint density at radius 3 is 2.12 bits per heavy atom. The van der Waals surface area contributed by atoms with Crippen LogP contribution in [0, 0.1) is 17.0 Å². The minimum Gasteiger partial charge on any atom is -0.497 e. The number of rotatable bonds is 7. The Labute approximate surface area is 190 Å². The quantitative estimate of drug-likeness (QED) is 0.183. The Bertz CT molecular complexity index is 1250. The van der Waals surface area contributed by atoms with E-state index in [0.29, 0.717) is 0 Å². The van der Waals surface area contributed by atoms with Gasteiger partial charge in [-0.25, -0.2) is 0 Å². The molecule has 7 heteroatoms. The van der Waals surface area contributed by atoms with Gasteiger partial charge in [0.25, 0.3) is 5.69 Å². The van der Waals surface area contributed by atoms with E-state index >= 15 is 0 Å². The lowest BCUT2D eigenvalue weighted by atomic mass is 10.3.